The molecule has 1 aromatic rings. The van der Waals surface area contributed by atoms with Crippen LogP contribution < -0.4 is 10.1 Å². The van der Waals surface area contributed by atoms with E-state index in [1.54, 1.807) is 7.11 Å². The van der Waals surface area contributed by atoms with Gasteiger partial charge in [-0.05, 0) is 12.1 Å². The van der Waals surface area contributed by atoms with E-state index in [1.807, 2.05) is 24.3 Å². The van der Waals surface area contributed by atoms with Gasteiger partial charge in [0.1, 0.15) is 5.75 Å². The molecule has 1 N–H and O–H groups in total. The first-order chi connectivity index (χ1) is 9.05. The Morgan fingerprint density at radius 3 is 3.00 bits per heavy atom. The SMILES string of the molecule is COc1cccc(NC2=NC3CS(=O)(=O)CC3S2)c1. The predicted molar refractivity (Wildman–Crippen MR) is 77.9 cm³/mol. The van der Waals surface area contributed by atoms with Gasteiger partial charge in [0.15, 0.2) is 15.0 Å². The topological polar surface area (TPSA) is 67.8 Å². The van der Waals surface area contributed by atoms with E-state index in [2.05, 4.69) is 10.3 Å². The Kier molecular flexibility index (Phi) is 3.18. The Labute approximate surface area is 116 Å². The molecule has 1 fully saturated rings. The highest BCUT2D eigenvalue weighted by Crippen LogP contribution is 2.34. The van der Waals surface area contributed by atoms with Crippen LogP contribution in [0.3, 0.4) is 0 Å². The summed E-state index contributed by atoms with van der Waals surface area (Å²) in [6, 6.07) is 7.48. The highest BCUT2D eigenvalue weighted by molar-refractivity contribution is 8.15. The lowest BCUT2D eigenvalue weighted by Gasteiger charge is -2.08. The molecule has 1 aromatic carbocycles. The number of methoxy groups -OCH3 is 1. The van der Waals surface area contributed by atoms with E-state index < -0.39 is 9.84 Å². The molecule has 2 unspecified atom stereocenters. The minimum atomic E-state index is -2.89. The smallest absolute Gasteiger partial charge is 0.161 e. The van der Waals surface area contributed by atoms with E-state index in [0.717, 1.165) is 16.6 Å². The predicted octanol–water partition coefficient (Wildman–Crippen LogP) is 1.38. The molecule has 3 rings (SSSR count). The minimum absolute atomic E-state index is 0.0677. The standard InChI is InChI=1S/C12H14N2O3S2/c1-17-9-4-2-3-8(5-9)13-12-14-10-6-19(15,16)7-11(10)18-12/h2-5,10-11H,6-7H2,1H3,(H,13,14). The number of hydrogen-bond acceptors (Lipinski definition) is 6. The van der Waals surface area contributed by atoms with Crippen molar-refractivity contribution in [3.8, 4) is 5.75 Å². The van der Waals surface area contributed by atoms with Crippen molar-refractivity contribution < 1.29 is 13.2 Å². The van der Waals surface area contributed by atoms with Gasteiger partial charge in [0.05, 0.1) is 24.7 Å². The summed E-state index contributed by atoms with van der Waals surface area (Å²) in [5.41, 5.74) is 0.897. The van der Waals surface area contributed by atoms with Crippen LogP contribution in [0.15, 0.2) is 29.3 Å². The van der Waals surface area contributed by atoms with E-state index in [1.165, 1.54) is 11.8 Å². The molecule has 2 aliphatic rings. The number of benzene rings is 1. The summed E-state index contributed by atoms with van der Waals surface area (Å²) in [5, 5.41) is 4.07. The maximum Gasteiger partial charge on any atom is 0.161 e. The fourth-order valence-corrected chi connectivity index (χ4v) is 5.92. The minimum Gasteiger partial charge on any atom is -0.497 e. The van der Waals surface area contributed by atoms with Crippen molar-refractivity contribution in [2.75, 3.05) is 23.9 Å². The Hall–Kier alpha value is -1.21. The zero-order chi connectivity index (χ0) is 13.5. The Bertz CT molecular complexity index is 628. The normalized spacial score (nSPS) is 27.7. The summed E-state index contributed by atoms with van der Waals surface area (Å²) in [6.45, 7) is 0. The summed E-state index contributed by atoms with van der Waals surface area (Å²) < 4.78 is 28.1. The first kappa shape index (κ1) is 12.8. The molecule has 2 aliphatic heterocycles. The molecule has 19 heavy (non-hydrogen) atoms. The lowest BCUT2D eigenvalue weighted by atomic mass is 10.3. The third-order valence-corrected chi connectivity index (χ3v) is 6.28. The second-order valence-electron chi connectivity index (χ2n) is 4.59. The van der Waals surface area contributed by atoms with Crippen LogP contribution in [-0.2, 0) is 9.84 Å². The molecule has 5 nitrogen and oxygen atoms in total. The molecular weight excluding hydrogens is 284 g/mol. The van der Waals surface area contributed by atoms with Crippen molar-refractivity contribution in [1.29, 1.82) is 0 Å². The number of anilines is 1. The molecule has 1 saturated heterocycles. The van der Waals surface area contributed by atoms with Crippen LogP contribution >= 0.6 is 11.8 Å². The molecule has 0 spiro atoms. The van der Waals surface area contributed by atoms with Gasteiger partial charge in [-0.15, -0.1) is 0 Å². The zero-order valence-corrected chi connectivity index (χ0v) is 12.0. The van der Waals surface area contributed by atoms with Crippen LogP contribution in [0.4, 0.5) is 5.69 Å². The van der Waals surface area contributed by atoms with Crippen molar-refractivity contribution >= 4 is 32.5 Å². The number of aliphatic imine (C=N–C) groups is 1. The summed E-state index contributed by atoms with van der Waals surface area (Å²) in [7, 11) is -1.27. The first-order valence-corrected chi connectivity index (χ1v) is 8.62. The maximum atomic E-state index is 11.5. The van der Waals surface area contributed by atoms with Gasteiger partial charge >= 0.3 is 0 Å². The second kappa shape index (κ2) is 4.72. The van der Waals surface area contributed by atoms with Crippen molar-refractivity contribution in [3.63, 3.8) is 0 Å². The molecule has 2 atom stereocenters. The second-order valence-corrected chi connectivity index (χ2v) is 7.97. The van der Waals surface area contributed by atoms with Gasteiger partial charge in [0.2, 0.25) is 0 Å². The van der Waals surface area contributed by atoms with Gasteiger partial charge < -0.3 is 10.1 Å². The molecule has 7 heteroatoms. The number of sulfone groups is 1. The van der Waals surface area contributed by atoms with Crippen molar-refractivity contribution in [2.24, 2.45) is 4.99 Å². The molecular formula is C12H14N2O3S2. The maximum absolute atomic E-state index is 11.5. The molecule has 102 valence electrons. The van der Waals surface area contributed by atoms with Crippen LogP contribution in [0.5, 0.6) is 5.75 Å². The number of rotatable bonds is 2. The summed E-state index contributed by atoms with van der Waals surface area (Å²) in [5.74, 6) is 1.18. The van der Waals surface area contributed by atoms with Gasteiger partial charge in [-0.25, -0.2) is 8.42 Å². The van der Waals surface area contributed by atoms with E-state index in [4.69, 9.17) is 4.74 Å². The lowest BCUT2D eigenvalue weighted by Crippen LogP contribution is -2.13. The zero-order valence-electron chi connectivity index (χ0n) is 10.4. The van der Waals surface area contributed by atoms with Gasteiger partial charge in [0.25, 0.3) is 0 Å². The number of nitrogens with zero attached hydrogens (tertiary/aromatic N) is 1. The van der Waals surface area contributed by atoms with Crippen molar-refractivity contribution in [1.82, 2.24) is 0 Å². The van der Waals surface area contributed by atoms with Crippen LogP contribution in [0, 0.1) is 0 Å². The average Bonchev–Trinajstić information content (AvgIpc) is 2.82. The Morgan fingerprint density at radius 2 is 2.26 bits per heavy atom. The molecule has 2 heterocycles. The van der Waals surface area contributed by atoms with Gasteiger partial charge in [-0.3, -0.25) is 4.99 Å². The quantitative estimate of drug-likeness (QED) is 0.893. The summed E-state index contributed by atoms with van der Waals surface area (Å²) >= 11 is 1.51. The molecule has 0 aromatic heterocycles. The molecule has 0 bridgehead atoms. The molecule has 0 saturated carbocycles. The van der Waals surface area contributed by atoms with Gasteiger partial charge in [0, 0.05) is 17.0 Å². The van der Waals surface area contributed by atoms with Gasteiger partial charge in [-0.2, -0.15) is 0 Å². The highest BCUT2D eigenvalue weighted by atomic mass is 32.2. The van der Waals surface area contributed by atoms with Crippen LogP contribution in [-0.4, -0.2) is 43.5 Å². The van der Waals surface area contributed by atoms with E-state index in [-0.39, 0.29) is 22.8 Å². The monoisotopic (exact) mass is 298 g/mol. The number of hydrogen-bond donors (Lipinski definition) is 1. The van der Waals surface area contributed by atoms with Crippen molar-refractivity contribution in [2.45, 2.75) is 11.3 Å². The molecule has 0 amide bonds. The highest BCUT2D eigenvalue weighted by Gasteiger charge is 2.42. The van der Waals surface area contributed by atoms with E-state index in [9.17, 15) is 8.42 Å². The molecule has 0 radical (unpaired) electrons. The number of fused-ring (bicyclic) bond motifs is 1. The lowest BCUT2D eigenvalue weighted by molar-refractivity contribution is 0.415. The fourth-order valence-electron chi connectivity index (χ4n) is 2.24. The van der Waals surface area contributed by atoms with E-state index >= 15 is 0 Å². The first-order valence-electron chi connectivity index (χ1n) is 5.92. The number of nitrogens with one attached hydrogen (secondary N) is 1. The van der Waals surface area contributed by atoms with Gasteiger partial charge in [-0.1, -0.05) is 17.8 Å². The third kappa shape index (κ3) is 2.71. The molecule has 0 aliphatic carbocycles. The van der Waals surface area contributed by atoms with E-state index in [0.29, 0.717) is 0 Å². The number of thioether (sulfide) groups is 1. The third-order valence-electron chi connectivity index (χ3n) is 3.14. The Balaban J connectivity index is 1.72. The summed E-state index contributed by atoms with van der Waals surface area (Å²) in [4.78, 5) is 4.44. The van der Waals surface area contributed by atoms with Crippen LogP contribution in [0.25, 0.3) is 0 Å². The van der Waals surface area contributed by atoms with Crippen LogP contribution in [0.1, 0.15) is 0 Å². The number of ether oxygens (including phenoxy) is 1. The number of amidine groups is 1. The average molecular weight is 298 g/mol. The summed E-state index contributed by atoms with van der Waals surface area (Å²) in [6.07, 6.45) is 0. The Morgan fingerprint density at radius 1 is 1.42 bits per heavy atom. The largest absolute Gasteiger partial charge is 0.497 e. The van der Waals surface area contributed by atoms with Crippen LogP contribution in [0.2, 0.25) is 0 Å². The fraction of sp³-hybridized carbons (Fsp3) is 0.417. The van der Waals surface area contributed by atoms with Crippen molar-refractivity contribution in [3.05, 3.63) is 24.3 Å².